The molecule has 3 atom stereocenters. The van der Waals surface area contributed by atoms with E-state index in [4.69, 9.17) is 9.05 Å². The van der Waals surface area contributed by atoms with Crippen LogP contribution in [0.5, 0.6) is 0 Å². The van der Waals surface area contributed by atoms with E-state index >= 15 is 0 Å². The molecule has 59 heavy (non-hydrogen) atoms. The Morgan fingerprint density at radius 3 is 1.36 bits per heavy atom. The van der Waals surface area contributed by atoms with Crippen LogP contribution < -0.4 is 5.32 Å². The van der Waals surface area contributed by atoms with Gasteiger partial charge in [-0.3, -0.25) is 13.8 Å². The lowest BCUT2D eigenvalue weighted by atomic mass is 10.0. The number of nitrogens with zero attached hydrogens (tertiary/aromatic N) is 1. The minimum Gasteiger partial charge on any atom is -0.387 e. The van der Waals surface area contributed by atoms with E-state index < -0.39 is 20.0 Å². The molecule has 0 aromatic heterocycles. The molecule has 3 N–H and O–H groups in total. The number of nitrogens with one attached hydrogen (secondary N) is 1. The van der Waals surface area contributed by atoms with Crippen LogP contribution in [0, 0.1) is 0 Å². The van der Waals surface area contributed by atoms with Gasteiger partial charge in [0.05, 0.1) is 39.9 Å². The van der Waals surface area contributed by atoms with Crippen molar-refractivity contribution in [3.8, 4) is 0 Å². The molecule has 1 amide bonds. The summed E-state index contributed by atoms with van der Waals surface area (Å²) in [5.41, 5.74) is 0. The van der Waals surface area contributed by atoms with Crippen LogP contribution in [-0.4, -0.2) is 73.4 Å². The van der Waals surface area contributed by atoms with E-state index in [9.17, 15) is 19.4 Å². The van der Waals surface area contributed by atoms with E-state index in [1.807, 2.05) is 27.2 Å². The standard InChI is InChI=1S/C50H97N2O6P/c1-6-8-10-12-14-16-18-20-22-24-26-28-30-32-34-36-38-40-42-44-50(54)51-48(47-58-59(55,56)57-46-45-52(3,4)5)49(53)43-41-39-37-35-33-31-29-27-25-23-21-19-17-15-13-11-9-7-2/h20,22,33,35,41,43,48-49,53H,6-19,21,23-32,34,36-40,42,44-47H2,1-5H3,(H-,51,54,55,56)/p+1/b22-20-,35-33+,43-41+. The molecular weight excluding hydrogens is 756 g/mol. The monoisotopic (exact) mass is 854 g/mol. The van der Waals surface area contributed by atoms with Crippen molar-refractivity contribution in [1.82, 2.24) is 5.32 Å². The van der Waals surface area contributed by atoms with Crippen LogP contribution in [0.15, 0.2) is 36.5 Å². The maximum atomic E-state index is 12.9. The Balaban J connectivity index is 4.38. The maximum Gasteiger partial charge on any atom is 0.472 e. The number of phosphoric ester groups is 1. The molecule has 0 aliphatic rings. The van der Waals surface area contributed by atoms with Crippen molar-refractivity contribution >= 4 is 13.7 Å². The molecule has 0 spiro atoms. The summed E-state index contributed by atoms with van der Waals surface area (Å²) >= 11 is 0. The number of carbonyl (C=O) groups is 1. The smallest absolute Gasteiger partial charge is 0.387 e. The van der Waals surface area contributed by atoms with Gasteiger partial charge >= 0.3 is 7.82 Å². The van der Waals surface area contributed by atoms with Crippen molar-refractivity contribution in [2.75, 3.05) is 40.9 Å². The van der Waals surface area contributed by atoms with E-state index in [-0.39, 0.29) is 19.1 Å². The molecule has 0 aliphatic carbocycles. The molecule has 0 fully saturated rings. The first-order valence-electron chi connectivity index (χ1n) is 24.9. The fourth-order valence-electron chi connectivity index (χ4n) is 7.11. The molecule has 9 heteroatoms. The molecule has 0 aliphatic heterocycles. The SMILES string of the molecule is CCCCCCCC/C=C\CCCCCCCCCCCC(=O)NC(COP(=O)(O)OCC[N+](C)(C)C)C(O)/C=C/CC/C=C/CCCCCCCCCCCCCC. The normalized spacial score (nSPS) is 14.5. The molecule has 0 heterocycles. The Bertz CT molecular complexity index is 1060. The predicted octanol–water partition coefficient (Wildman–Crippen LogP) is 14.3. The summed E-state index contributed by atoms with van der Waals surface area (Å²) in [7, 11) is 1.56. The summed E-state index contributed by atoms with van der Waals surface area (Å²) in [6.07, 6.45) is 52.2. The second-order valence-electron chi connectivity index (χ2n) is 18.2. The quantitative estimate of drug-likeness (QED) is 0.0244. The van der Waals surface area contributed by atoms with Crippen LogP contribution in [0.1, 0.15) is 226 Å². The number of carbonyl (C=O) groups excluding carboxylic acids is 1. The number of hydrogen-bond acceptors (Lipinski definition) is 5. The fraction of sp³-hybridized carbons (Fsp3) is 0.860. The van der Waals surface area contributed by atoms with Gasteiger partial charge in [0.25, 0.3) is 0 Å². The van der Waals surface area contributed by atoms with Crippen LogP contribution in [-0.2, 0) is 18.4 Å². The Morgan fingerprint density at radius 1 is 0.559 bits per heavy atom. The van der Waals surface area contributed by atoms with Crippen molar-refractivity contribution in [2.24, 2.45) is 0 Å². The first-order chi connectivity index (χ1) is 28.5. The zero-order valence-electron chi connectivity index (χ0n) is 39.5. The number of aliphatic hydroxyl groups is 1. The second kappa shape index (κ2) is 42.0. The molecule has 8 nitrogen and oxygen atoms in total. The molecule has 3 unspecified atom stereocenters. The minimum atomic E-state index is -4.35. The van der Waals surface area contributed by atoms with Gasteiger partial charge in [0, 0.05) is 6.42 Å². The minimum absolute atomic E-state index is 0.0561. The van der Waals surface area contributed by atoms with Crippen LogP contribution in [0.2, 0.25) is 0 Å². The third kappa shape index (κ3) is 44.6. The lowest BCUT2D eigenvalue weighted by Crippen LogP contribution is -2.45. The van der Waals surface area contributed by atoms with E-state index in [0.717, 1.165) is 38.5 Å². The topological polar surface area (TPSA) is 105 Å². The number of aliphatic hydroxyl groups excluding tert-OH is 1. The summed E-state index contributed by atoms with van der Waals surface area (Å²) < 4.78 is 23.6. The second-order valence-corrected chi connectivity index (χ2v) is 19.6. The van der Waals surface area contributed by atoms with Crippen LogP contribution >= 0.6 is 7.82 Å². The van der Waals surface area contributed by atoms with Gasteiger partial charge in [-0.05, 0) is 57.8 Å². The van der Waals surface area contributed by atoms with Crippen molar-refractivity contribution in [3.63, 3.8) is 0 Å². The predicted molar refractivity (Wildman–Crippen MR) is 254 cm³/mol. The summed E-state index contributed by atoms with van der Waals surface area (Å²) in [6.45, 7) is 4.80. The highest BCUT2D eigenvalue weighted by Gasteiger charge is 2.27. The third-order valence-corrected chi connectivity index (χ3v) is 12.1. The summed E-state index contributed by atoms with van der Waals surface area (Å²) in [5.74, 6) is -0.188. The Labute approximate surface area is 366 Å². The highest BCUT2D eigenvalue weighted by atomic mass is 31.2. The van der Waals surface area contributed by atoms with Gasteiger partial charge in [-0.1, -0.05) is 198 Å². The Kier molecular flexibility index (Phi) is 41.1. The van der Waals surface area contributed by atoms with Gasteiger partial charge in [-0.25, -0.2) is 4.57 Å². The molecule has 0 saturated heterocycles. The lowest BCUT2D eigenvalue weighted by molar-refractivity contribution is -0.870. The van der Waals surface area contributed by atoms with Gasteiger partial charge in [0.1, 0.15) is 13.2 Å². The average Bonchev–Trinajstić information content (AvgIpc) is 3.19. The maximum absolute atomic E-state index is 12.9. The van der Waals surface area contributed by atoms with Crippen molar-refractivity contribution in [2.45, 2.75) is 238 Å². The molecule has 0 saturated carbocycles. The van der Waals surface area contributed by atoms with Crippen molar-refractivity contribution in [3.05, 3.63) is 36.5 Å². The van der Waals surface area contributed by atoms with Crippen molar-refractivity contribution in [1.29, 1.82) is 0 Å². The largest absolute Gasteiger partial charge is 0.472 e. The average molecular weight is 854 g/mol. The molecule has 0 aromatic rings. The van der Waals surface area contributed by atoms with E-state index in [0.29, 0.717) is 17.4 Å². The fourth-order valence-corrected chi connectivity index (χ4v) is 7.85. The Hall–Kier alpha value is -1.28. The number of likely N-dealkylation sites (N-methyl/N-ethyl adjacent to an activating group) is 1. The van der Waals surface area contributed by atoms with Gasteiger partial charge in [0.15, 0.2) is 0 Å². The number of unbranched alkanes of at least 4 members (excludes halogenated alkanes) is 28. The first kappa shape index (κ1) is 57.7. The van der Waals surface area contributed by atoms with Gasteiger partial charge < -0.3 is 19.8 Å². The van der Waals surface area contributed by atoms with Crippen LogP contribution in [0.4, 0.5) is 0 Å². The zero-order chi connectivity index (χ0) is 43.6. The first-order valence-corrected chi connectivity index (χ1v) is 26.4. The third-order valence-electron chi connectivity index (χ3n) is 11.1. The van der Waals surface area contributed by atoms with E-state index in [2.05, 4.69) is 43.5 Å². The number of quaternary nitrogens is 1. The van der Waals surface area contributed by atoms with Crippen LogP contribution in [0.25, 0.3) is 0 Å². The summed E-state index contributed by atoms with van der Waals surface area (Å²) in [4.78, 5) is 23.2. The number of amides is 1. The molecule has 0 rings (SSSR count). The molecule has 0 bridgehead atoms. The number of rotatable bonds is 45. The molecular formula is C50H98N2O6P+. The lowest BCUT2D eigenvalue weighted by Gasteiger charge is -2.25. The highest BCUT2D eigenvalue weighted by Crippen LogP contribution is 2.43. The van der Waals surface area contributed by atoms with E-state index in [1.54, 1.807) is 6.08 Å². The van der Waals surface area contributed by atoms with Gasteiger partial charge in [-0.2, -0.15) is 0 Å². The number of hydrogen-bond donors (Lipinski definition) is 3. The zero-order valence-corrected chi connectivity index (χ0v) is 40.4. The molecule has 348 valence electrons. The Morgan fingerprint density at radius 2 is 0.932 bits per heavy atom. The molecule has 0 aromatic carbocycles. The number of allylic oxidation sites excluding steroid dienone is 5. The summed E-state index contributed by atoms with van der Waals surface area (Å²) in [5, 5.41) is 13.9. The van der Waals surface area contributed by atoms with Gasteiger partial charge in [0.2, 0.25) is 5.91 Å². The number of phosphoric acid groups is 1. The van der Waals surface area contributed by atoms with Gasteiger partial charge in [-0.15, -0.1) is 0 Å². The van der Waals surface area contributed by atoms with Crippen molar-refractivity contribution < 1.29 is 32.9 Å². The van der Waals surface area contributed by atoms with Crippen LogP contribution in [0.3, 0.4) is 0 Å². The highest BCUT2D eigenvalue weighted by molar-refractivity contribution is 7.47. The summed E-state index contributed by atoms with van der Waals surface area (Å²) in [6, 6.07) is -0.863. The molecule has 0 radical (unpaired) electrons. The van der Waals surface area contributed by atoms with E-state index in [1.165, 1.54) is 167 Å².